The lowest BCUT2D eigenvalue weighted by Gasteiger charge is -2.11. The fourth-order valence-electron chi connectivity index (χ4n) is 1.80. The second-order valence-corrected chi connectivity index (χ2v) is 4.14. The van der Waals surface area contributed by atoms with Gasteiger partial charge in [0.25, 0.3) is 0 Å². The summed E-state index contributed by atoms with van der Waals surface area (Å²) in [6.07, 6.45) is 5.56. The monoisotopic (exact) mass is 243 g/mol. The molecule has 94 valence electrons. The smallest absolute Gasteiger partial charge is 0.124 e. The van der Waals surface area contributed by atoms with E-state index >= 15 is 0 Å². The predicted molar refractivity (Wildman–Crippen MR) is 72.2 cm³/mol. The molecule has 1 aromatic heterocycles. The maximum Gasteiger partial charge on any atom is 0.124 e. The van der Waals surface area contributed by atoms with Crippen LogP contribution in [0, 0.1) is 0 Å². The minimum atomic E-state index is 0.0568. The van der Waals surface area contributed by atoms with Crippen LogP contribution in [0.2, 0.25) is 0 Å². The van der Waals surface area contributed by atoms with E-state index in [0.29, 0.717) is 0 Å². The van der Waals surface area contributed by atoms with Gasteiger partial charge in [-0.2, -0.15) is 5.10 Å². The highest BCUT2D eigenvalue weighted by atomic mass is 16.5. The number of hydrogen-bond acceptors (Lipinski definition) is 3. The lowest BCUT2D eigenvalue weighted by molar-refractivity contribution is 0.407. The zero-order valence-electron chi connectivity index (χ0n) is 10.9. The molecule has 0 aliphatic carbocycles. The number of ether oxygens (including phenoxy) is 1. The van der Waals surface area contributed by atoms with E-state index in [0.717, 1.165) is 16.9 Å². The normalized spacial score (nSPS) is 12.8. The molecule has 0 radical (unpaired) electrons. The standard InChI is InChI=1S/C14H17N3O/c1-11(13-6-4-5-7-14(13)18-3)15-8-12-9-16-17(2)10-12/h4-11H,1-3H3. The molecular formula is C14H17N3O. The van der Waals surface area contributed by atoms with Gasteiger partial charge in [-0.1, -0.05) is 18.2 Å². The summed E-state index contributed by atoms with van der Waals surface area (Å²) in [6.45, 7) is 2.05. The molecule has 18 heavy (non-hydrogen) atoms. The third kappa shape index (κ3) is 2.77. The molecule has 0 fully saturated rings. The van der Waals surface area contributed by atoms with Gasteiger partial charge in [-0.3, -0.25) is 9.67 Å². The summed E-state index contributed by atoms with van der Waals surface area (Å²) in [6, 6.07) is 7.99. The number of aliphatic imine (C=N–C) groups is 1. The maximum absolute atomic E-state index is 5.33. The van der Waals surface area contributed by atoms with E-state index in [2.05, 4.69) is 10.1 Å². The maximum atomic E-state index is 5.33. The molecular weight excluding hydrogens is 226 g/mol. The lowest BCUT2D eigenvalue weighted by atomic mass is 10.1. The summed E-state index contributed by atoms with van der Waals surface area (Å²) in [5.74, 6) is 0.869. The molecule has 0 aliphatic heterocycles. The summed E-state index contributed by atoms with van der Waals surface area (Å²) in [7, 11) is 3.57. The first-order valence-corrected chi connectivity index (χ1v) is 5.85. The first-order chi connectivity index (χ1) is 8.70. The Labute approximate surface area is 107 Å². The Bertz CT molecular complexity index is 545. The fourth-order valence-corrected chi connectivity index (χ4v) is 1.80. The molecule has 2 rings (SSSR count). The van der Waals surface area contributed by atoms with Crippen LogP contribution in [-0.2, 0) is 7.05 Å². The number of para-hydroxylation sites is 1. The molecule has 4 nitrogen and oxygen atoms in total. The second-order valence-electron chi connectivity index (χ2n) is 4.14. The highest BCUT2D eigenvalue weighted by Gasteiger charge is 2.08. The Hall–Kier alpha value is -2.10. The van der Waals surface area contributed by atoms with Crippen LogP contribution in [0.15, 0.2) is 41.7 Å². The van der Waals surface area contributed by atoms with E-state index in [1.807, 2.05) is 50.6 Å². The van der Waals surface area contributed by atoms with Crippen molar-refractivity contribution in [2.24, 2.45) is 12.0 Å². The van der Waals surface area contributed by atoms with E-state index < -0.39 is 0 Å². The van der Waals surface area contributed by atoms with E-state index in [-0.39, 0.29) is 6.04 Å². The van der Waals surface area contributed by atoms with Crippen LogP contribution >= 0.6 is 0 Å². The van der Waals surface area contributed by atoms with Gasteiger partial charge in [0.15, 0.2) is 0 Å². The van der Waals surface area contributed by atoms with Gasteiger partial charge in [-0.25, -0.2) is 0 Å². The summed E-state index contributed by atoms with van der Waals surface area (Å²) in [5, 5.41) is 4.10. The zero-order chi connectivity index (χ0) is 13.0. The molecule has 4 heteroatoms. The van der Waals surface area contributed by atoms with Crippen LogP contribution in [0.3, 0.4) is 0 Å². The first kappa shape index (κ1) is 12.4. The van der Waals surface area contributed by atoms with Gasteiger partial charge in [-0.05, 0) is 13.0 Å². The van der Waals surface area contributed by atoms with E-state index in [1.54, 1.807) is 18.0 Å². The van der Waals surface area contributed by atoms with Crippen molar-refractivity contribution in [3.8, 4) is 5.75 Å². The van der Waals surface area contributed by atoms with Crippen molar-refractivity contribution in [2.75, 3.05) is 7.11 Å². The summed E-state index contributed by atoms with van der Waals surface area (Å²) >= 11 is 0. The van der Waals surface area contributed by atoms with Crippen molar-refractivity contribution in [3.63, 3.8) is 0 Å². The SMILES string of the molecule is COc1ccccc1C(C)N=Cc1cnn(C)c1. The van der Waals surface area contributed by atoms with Gasteiger partial charge >= 0.3 is 0 Å². The quantitative estimate of drug-likeness (QED) is 0.774. The van der Waals surface area contributed by atoms with Gasteiger partial charge < -0.3 is 4.74 Å². The van der Waals surface area contributed by atoms with Gasteiger partial charge in [-0.15, -0.1) is 0 Å². The molecule has 0 saturated heterocycles. The van der Waals surface area contributed by atoms with E-state index in [9.17, 15) is 0 Å². The zero-order valence-corrected chi connectivity index (χ0v) is 10.9. The molecule has 1 aromatic carbocycles. The Balaban J connectivity index is 2.16. The number of rotatable bonds is 4. The van der Waals surface area contributed by atoms with Crippen LogP contribution in [-0.4, -0.2) is 23.1 Å². The molecule has 2 aromatic rings. The van der Waals surface area contributed by atoms with Gasteiger partial charge in [0.1, 0.15) is 5.75 Å². The van der Waals surface area contributed by atoms with Crippen molar-refractivity contribution in [1.82, 2.24) is 9.78 Å². The molecule has 1 heterocycles. The van der Waals surface area contributed by atoms with E-state index in [1.165, 1.54) is 0 Å². The van der Waals surface area contributed by atoms with Crippen molar-refractivity contribution in [2.45, 2.75) is 13.0 Å². The molecule has 0 bridgehead atoms. The molecule has 1 unspecified atom stereocenters. The number of methoxy groups -OCH3 is 1. The van der Waals surface area contributed by atoms with Gasteiger partial charge in [0.05, 0.1) is 19.3 Å². The minimum Gasteiger partial charge on any atom is -0.496 e. The van der Waals surface area contributed by atoms with Crippen LogP contribution < -0.4 is 4.74 Å². The van der Waals surface area contributed by atoms with Crippen molar-refractivity contribution >= 4 is 6.21 Å². The number of hydrogen-bond donors (Lipinski definition) is 0. The van der Waals surface area contributed by atoms with Crippen LogP contribution in [0.4, 0.5) is 0 Å². The Morgan fingerprint density at radius 3 is 2.83 bits per heavy atom. The second kappa shape index (κ2) is 5.49. The Morgan fingerprint density at radius 2 is 2.17 bits per heavy atom. The van der Waals surface area contributed by atoms with Gasteiger partial charge in [0.2, 0.25) is 0 Å². The van der Waals surface area contributed by atoms with Crippen molar-refractivity contribution in [3.05, 3.63) is 47.8 Å². The Morgan fingerprint density at radius 1 is 1.39 bits per heavy atom. The Kier molecular flexibility index (Phi) is 3.77. The summed E-state index contributed by atoms with van der Waals surface area (Å²) < 4.78 is 7.09. The highest BCUT2D eigenvalue weighted by Crippen LogP contribution is 2.26. The summed E-state index contributed by atoms with van der Waals surface area (Å²) in [4.78, 5) is 4.53. The lowest BCUT2D eigenvalue weighted by Crippen LogP contribution is -1.95. The average Bonchev–Trinajstić information content (AvgIpc) is 2.81. The molecule has 0 amide bonds. The van der Waals surface area contributed by atoms with Gasteiger partial charge in [0, 0.05) is 30.6 Å². The molecule has 0 spiro atoms. The fraction of sp³-hybridized carbons (Fsp3) is 0.286. The highest BCUT2D eigenvalue weighted by molar-refractivity contribution is 5.78. The van der Waals surface area contributed by atoms with E-state index in [4.69, 9.17) is 4.74 Å². The summed E-state index contributed by atoms with van der Waals surface area (Å²) in [5.41, 5.74) is 2.08. The van der Waals surface area contributed by atoms with Crippen molar-refractivity contribution in [1.29, 1.82) is 0 Å². The third-order valence-electron chi connectivity index (χ3n) is 2.76. The number of aromatic nitrogens is 2. The van der Waals surface area contributed by atoms with Crippen LogP contribution in [0.25, 0.3) is 0 Å². The topological polar surface area (TPSA) is 39.4 Å². The number of benzene rings is 1. The minimum absolute atomic E-state index is 0.0568. The molecule has 1 atom stereocenters. The average molecular weight is 243 g/mol. The largest absolute Gasteiger partial charge is 0.496 e. The number of nitrogens with zero attached hydrogens (tertiary/aromatic N) is 3. The first-order valence-electron chi connectivity index (χ1n) is 5.85. The third-order valence-corrected chi connectivity index (χ3v) is 2.76. The van der Waals surface area contributed by atoms with Crippen LogP contribution in [0.1, 0.15) is 24.1 Å². The molecule has 0 aliphatic rings. The predicted octanol–water partition coefficient (Wildman–Crippen LogP) is 2.61. The molecule has 0 saturated carbocycles. The van der Waals surface area contributed by atoms with Crippen molar-refractivity contribution < 1.29 is 4.74 Å². The van der Waals surface area contributed by atoms with Crippen LogP contribution in [0.5, 0.6) is 5.75 Å². The molecule has 0 N–H and O–H groups in total. The number of aryl methyl sites for hydroxylation is 1.